The van der Waals surface area contributed by atoms with Gasteiger partial charge < -0.3 is 11.1 Å². The molecular weight excluding hydrogens is 174 g/mol. The topological polar surface area (TPSA) is 50.9 Å². The van der Waals surface area contributed by atoms with E-state index in [1.807, 2.05) is 12.1 Å². The number of hydrogen-bond donors (Lipinski definition) is 2. The van der Waals surface area contributed by atoms with Crippen LogP contribution in [0.15, 0.2) is 18.3 Å². The molecule has 2 atom stereocenters. The highest BCUT2D eigenvalue weighted by atomic mass is 15.0. The Morgan fingerprint density at radius 3 is 3.07 bits per heavy atom. The number of hydrogen-bond acceptors (Lipinski definition) is 3. The standard InChI is InChI=1S/C11H17N3/c1-2-3-8-6-10(8)14-11-5-4-9(12)7-13-11/h4-5,7-8,10H,2-3,6,12H2,1H3,(H,13,14). The van der Waals surface area contributed by atoms with Gasteiger partial charge in [0.25, 0.3) is 0 Å². The molecule has 1 aliphatic rings. The van der Waals surface area contributed by atoms with Gasteiger partial charge in [-0.1, -0.05) is 13.3 Å². The first-order valence-corrected chi connectivity index (χ1v) is 5.27. The van der Waals surface area contributed by atoms with Gasteiger partial charge in [-0.05, 0) is 30.9 Å². The molecule has 2 rings (SSSR count). The molecule has 14 heavy (non-hydrogen) atoms. The second-order valence-electron chi connectivity index (χ2n) is 4.01. The molecule has 76 valence electrons. The van der Waals surface area contributed by atoms with E-state index in [4.69, 9.17) is 5.73 Å². The molecule has 0 amide bonds. The van der Waals surface area contributed by atoms with Crippen molar-refractivity contribution in [2.75, 3.05) is 11.1 Å². The zero-order valence-corrected chi connectivity index (χ0v) is 8.53. The van der Waals surface area contributed by atoms with Crippen LogP contribution in [0.2, 0.25) is 0 Å². The number of pyridine rings is 1. The summed E-state index contributed by atoms with van der Waals surface area (Å²) >= 11 is 0. The van der Waals surface area contributed by atoms with E-state index in [0.29, 0.717) is 6.04 Å². The highest BCUT2D eigenvalue weighted by Gasteiger charge is 2.35. The lowest BCUT2D eigenvalue weighted by Gasteiger charge is -2.04. The molecule has 0 aliphatic heterocycles. The molecule has 1 aromatic heterocycles. The van der Waals surface area contributed by atoms with Crippen molar-refractivity contribution in [3.05, 3.63) is 18.3 Å². The Morgan fingerprint density at radius 1 is 1.57 bits per heavy atom. The van der Waals surface area contributed by atoms with Gasteiger partial charge in [0.2, 0.25) is 0 Å². The van der Waals surface area contributed by atoms with Crippen LogP contribution >= 0.6 is 0 Å². The molecule has 1 fully saturated rings. The lowest BCUT2D eigenvalue weighted by atomic mass is 10.2. The van der Waals surface area contributed by atoms with Crippen molar-refractivity contribution in [3.8, 4) is 0 Å². The van der Waals surface area contributed by atoms with Crippen LogP contribution in [0, 0.1) is 5.92 Å². The predicted octanol–water partition coefficient (Wildman–Crippen LogP) is 2.26. The summed E-state index contributed by atoms with van der Waals surface area (Å²) in [5, 5.41) is 3.41. The number of rotatable bonds is 4. The van der Waals surface area contributed by atoms with Crippen molar-refractivity contribution >= 4 is 11.5 Å². The average Bonchev–Trinajstić information content (AvgIpc) is 2.89. The highest BCUT2D eigenvalue weighted by Crippen LogP contribution is 2.36. The summed E-state index contributed by atoms with van der Waals surface area (Å²) in [4.78, 5) is 4.22. The van der Waals surface area contributed by atoms with Gasteiger partial charge in [-0.15, -0.1) is 0 Å². The van der Waals surface area contributed by atoms with Gasteiger partial charge in [-0.2, -0.15) is 0 Å². The van der Waals surface area contributed by atoms with Gasteiger partial charge >= 0.3 is 0 Å². The van der Waals surface area contributed by atoms with Crippen LogP contribution in [0.4, 0.5) is 11.5 Å². The minimum Gasteiger partial charge on any atom is -0.397 e. The first-order valence-electron chi connectivity index (χ1n) is 5.27. The maximum absolute atomic E-state index is 5.56. The zero-order chi connectivity index (χ0) is 9.97. The van der Waals surface area contributed by atoms with Crippen LogP contribution in [0.25, 0.3) is 0 Å². The molecule has 0 aromatic carbocycles. The monoisotopic (exact) mass is 191 g/mol. The molecule has 1 heterocycles. The Bertz CT molecular complexity index is 294. The molecule has 2 unspecified atom stereocenters. The van der Waals surface area contributed by atoms with Gasteiger partial charge in [-0.25, -0.2) is 4.98 Å². The van der Waals surface area contributed by atoms with E-state index in [-0.39, 0.29) is 0 Å². The first-order chi connectivity index (χ1) is 6.79. The second kappa shape index (κ2) is 3.86. The third-order valence-corrected chi connectivity index (χ3v) is 2.70. The van der Waals surface area contributed by atoms with E-state index < -0.39 is 0 Å². The number of nitrogen functional groups attached to an aromatic ring is 1. The van der Waals surface area contributed by atoms with Crippen LogP contribution in [0.3, 0.4) is 0 Å². The lowest BCUT2D eigenvalue weighted by Crippen LogP contribution is -2.06. The largest absolute Gasteiger partial charge is 0.397 e. The van der Waals surface area contributed by atoms with E-state index in [1.54, 1.807) is 6.20 Å². The van der Waals surface area contributed by atoms with Gasteiger partial charge in [-0.3, -0.25) is 0 Å². The molecule has 0 radical (unpaired) electrons. The molecule has 0 saturated heterocycles. The normalized spacial score (nSPS) is 24.6. The van der Waals surface area contributed by atoms with E-state index >= 15 is 0 Å². The van der Waals surface area contributed by atoms with Crippen molar-refractivity contribution in [3.63, 3.8) is 0 Å². The Morgan fingerprint density at radius 2 is 2.43 bits per heavy atom. The quantitative estimate of drug-likeness (QED) is 0.767. The van der Waals surface area contributed by atoms with Gasteiger partial charge in [0.15, 0.2) is 0 Å². The fraction of sp³-hybridized carbons (Fsp3) is 0.545. The minimum absolute atomic E-state index is 0.645. The van der Waals surface area contributed by atoms with E-state index in [2.05, 4.69) is 17.2 Å². The Kier molecular flexibility index (Phi) is 2.57. The zero-order valence-electron chi connectivity index (χ0n) is 8.53. The van der Waals surface area contributed by atoms with Crippen molar-refractivity contribution in [2.45, 2.75) is 32.2 Å². The van der Waals surface area contributed by atoms with Crippen molar-refractivity contribution in [1.82, 2.24) is 4.98 Å². The maximum atomic E-state index is 5.56. The summed E-state index contributed by atoms with van der Waals surface area (Å²) in [5.74, 6) is 1.81. The van der Waals surface area contributed by atoms with Crippen LogP contribution in [0.5, 0.6) is 0 Å². The van der Waals surface area contributed by atoms with Gasteiger partial charge in [0, 0.05) is 6.04 Å². The average molecular weight is 191 g/mol. The fourth-order valence-electron chi connectivity index (χ4n) is 1.79. The summed E-state index contributed by atoms with van der Waals surface area (Å²) in [6, 6.07) is 4.47. The number of nitrogens with two attached hydrogens (primary N) is 1. The van der Waals surface area contributed by atoms with E-state index in [0.717, 1.165) is 17.4 Å². The number of nitrogens with zero attached hydrogens (tertiary/aromatic N) is 1. The highest BCUT2D eigenvalue weighted by molar-refractivity contribution is 5.45. The van der Waals surface area contributed by atoms with Crippen LogP contribution < -0.4 is 11.1 Å². The lowest BCUT2D eigenvalue weighted by molar-refractivity contribution is 0.692. The third kappa shape index (κ3) is 2.16. The molecule has 3 heteroatoms. The molecule has 1 aliphatic carbocycles. The Hall–Kier alpha value is -1.25. The summed E-state index contributed by atoms with van der Waals surface area (Å²) in [6.07, 6.45) is 5.59. The second-order valence-corrected chi connectivity index (χ2v) is 4.01. The number of aromatic nitrogens is 1. The predicted molar refractivity (Wildman–Crippen MR) is 59.1 cm³/mol. The van der Waals surface area contributed by atoms with Gasteiger partial charge in [0.1, 0.15) is 5.82 Å². The smallest absolute Gasteiger partial charge is 0.126 e. The third-order valence-electron chi connectivity index (χ3n) is 2.70. The summed E-state index contributed by atoms with van der Waals surface area (Å²) in [6.45, 7) is 2.23. The molecule has 0 bridgehead atoms. The summed E-state index contributed by atoms with van der Waals surface area (Å²) in [5.41, 5.74) is 6.28. The first kappa shape index (κ1) is 9.31. The van der Waals surface area contributed by atoms with Crippen molar-refractivity contribution in [1.29, 1.82) is 0 Å². The maximum Gasteiger partial charge on any atom is 0.126 e. The van der Waals surface area contributed by atoms with E-state index in [1.165, 1.54) is 19.3 Å². The number of nitrogens with one attached hydrogen (secondary N) is 1. The van der Waals surface area contributed by atoms with E-state index in [9.17, 15) is 0 Å². The molecular formula is C11H17N3. The molecule has 1 aromatic rings. The summed E-state index contributed by atoms with van der Waals surface area (Å²) < 4.78 is 0. The minimum atomic E-state index is 0.645. The van der Waals surface area contributed by atoms with Crippen LogP contribution in [0.1, 0.15) is 26.2 Å². The molecule has 1 saturated carbocycles. The number of anilines is 2. The molecule has 3 N–H and O–H groups in total. The van der Waals surface area contributed by atoms with Crippen LogP contribution in [-0.2, 0) is 0 Å². The summed E-state index contributed by atoms with van der Waals surface area (Å²) in [7, 11) is 0. The molecule has 3 nitrogen and oxygen atoms in total. The van der Waals surface area contributed by atoms with Crippen molar-refractivity contribution in [2.24, 2.45) is 5.92 Å². The Balaban J connectivity index is 1.84. The van der Waals surface area contributed by atoms with Crippen molar-refractivity contribution < 1.29 is 0 Å². The van der Waals surface area contributed by atoms with Gasteiger partial charge in [0.05, 0.1) is 11.9 Å². The fourth-order valence-corrected chi connectivity index (χ4v) is 1.79. The SMILES string of the molecule is CCCC1CC1Nc1ccc(N)cn1. The Labute approximate surface area is 84.7 Å². The van der Waals surface area contributed by atoms with Crippen LogP contribution in [-0.4, -0.2) is 11.0 Å². The molecule has 0 spiro atoms.